The fraction of sp³-hybridized carbons (Fsp3) is 0.647. The highest BCUT2D eigenvalue weighted by Crippen LogP contribution is 2.37. The molecule has 112 valence electrons. The first kappa shape index (κ1) is 15.7. The number of anilines is 1. The van der Waals surface area contributed by atoms with Crippen LogP contribution in [0.4, 0.5) is 5.69 Å². The van der Waals surface area contributed by atoms with Crippen molar-refractivity contribution >= 4 is 17.3 Å². The zero-order valence-electron chi connectivity index (χ0n) is 13.1. The maximum absolute atomic E-state index is 6.17. The molecule has 1 aromatic carbocycles. The van der Waals surface area contributed by atoms with E-state index in [1.165, 1.54) is 24.1 Å². The van der Waals surface area contributed by atoms with Gasteiger partial charge in [-0.1, -0.05) is 25.4 Å². The van der Waals surface area contributed by atoms with E-state index in [2.05, 4.69) is 50.2 Å². The van der Waals surface area contributed by atoms with Gasteiger partial charge in [0.05, 0.1) is 0 Å². The van der Waals surface area contributed by atoms with Gasteiger partial charge in [-0.15, -0.1) is 0 Å². The normalized spacial score (nSPS) is 16.5. The minimum Gasteiger partial charge on any atom is -0.371 e. The van der Waals surface area contributed by atoms with Crippen molar-refractivity contribution in [3.63, 3.8) is 0 Å². The Balaban J connectivity index is 2.09. The summed E-state index contributed by atoms with van der Waals surface area (Å²) in [5.41, 5.74) is 2.61. The standard InChI is InChI=1S/C17H27ClN2/c1-12(2)10-19-11-15-9-16(18)7-8-17(15)20(4)13(3)14-5-6-14/h7-9,12-14,19H,5-6,10-11H2,1-4H3. The monoisotopic (exact) mass is 294 g/mol. The molecule has 0 aromatic heterocycles. The molecule has 1 unspecified atom stereocenters. The Bertz CT molecular complexity index is 441. The molecule has 0 spiro atoms. The van der Waals surface area contributed by atoms with Crippen LogP contribution in [0, 0.1) is 11.8 Å². The number of benzene rings is 1. The zero-order valence-corrected chi connectivity index (χ0v) is 13.9. The van der Waals surface area contributed by atoms with Crippen LogP contribution in [0.15, 0.2) is 18.2 Å². The smallest absolute Gasteiger partial charge is 0.0412 e. The van der Waals surface area contributed by atoms with Crippen molar-refractivity contribution in [2.75, 3.05) is 18.5 Å². The van der Waals surface area contributed by atoms with Gasteiger partial charge in [-0.25, -0.2) is 0 Å². The Morgan fingerprint density at radius 1 is 1.30 bits per heavy atom. The van der Waals surface area contributed by atoms with Gasteiger partial charge in [-0.05, 0) is 61.9 Å². The third kappa shape index (κ3) is 4.13. The molecule has 3 heteroatoms. The van der Waals surface area contributed by atoms with Crippen LogP contribution < -0.4 is 10.2 Å². The molecule has 1 saturated carbocycles. The molecular formula is C17H27ClN2. The highest BCUT2D eigenvalue weighted by Gasteiger charge is 2.31. The average Bonchev–Trinajstić information content (AvgIpc) is 3.21. The van der Waals surface area contributed by atoms with E-state index >= 15 is 0 Å². The average molecular weight is 295 g/mol. The number of rotatable bonds is 7. The van der Waals surface area contributed by atoms with E-state index in [4.69, 9.17) is 11.6 Å². The second-order valence-corrected chi connectivity index (χ2v) is 6.92. The molecule has 0 radical (unpaired) electrons. The first-order valence-electron chi connectivity index (χ1n) is 7.71. The van der Waals surface area contributed by atoms with Crippen LogP contribution in [0.1, 0.15) is 39.2 Å². The summed E-state index contributed by atoms with van der Waals surface area (Å²) >= 11 is 6.17. The molecule has 1 atom stereocenters. The molecule has 1 aliphatic rings. The summed E-state index contributed by atoms with van der Waals surface area (Å²) in [6.07, 6.45) is 2.75. The van der Waals surface area contributed by atoms with E-state index in [0.717, 1.165) is 24.0 Å². The number of halogens is 1. The quantitative estimate of drug-likeness (QED) is 0.805. The largest absolute Gasteiger partial charge is 0.371 e. The number of nitrogens with zero attached hydrogens (tertiary/aromatic N) is 1. The van der Waals surface area contributed by atoms with Crippen LogP contribution >= 0.6 is 11.6 Å². The number of nitrogens with one attached hydrogen (secondary N) is 1. The number of hydrogen-bond acceptors (Lipinski definition) is 2. The SMILES string of the molecule is CC(C)CNCc1cc(Cl)ccc1N(C)C(C)C1CC1. The Morgan fingerprint density at radius 3 is 2.60 bits per heavy atom. The van der Waals surface area contributed by atoms with Gasteiger partial charge in [-0.3, -0.25) is 0 Å². The molecule has 1 fully saturated rings. The van der Waals surface area contributed by atoms with Crippen LogP contribution in [0.25, 0.3) is 0 Å². The lowest BCUT2D eigenvalue weighted by molar-refractivity contribution is 0.550. The molecule has 1 aliphatic carbocycles. The lowest BCUT2D eigenvalue weighted by atomic mass is 10.1. The predicted molar refractivity (Wildman–Crippen MR) is 88.6 cm³/mol. The van der Waals surface area contributed by atoms with Gasteiger partial charge >= 0.3 is 0 Å². The van der Waals surface area contributed by atoms with Crippen molar-refractivity contribution in [2.24, 2.45) is 11.8 Å². The van der Waals surface area contributed by atoms with Gasteiger partial charge in [0.2, 0.25) is 0 Å². The highest BCUT2D eigenvalue weighted by molar-refractivity contribution is 6.30. The van der Waals surface area contributed by atoms with Gasteiger partial charge in [0, 0.05) is 30.3 Å². The number of hydrogen-bond donors (Lipinski definition) is 1. The van der Waals surface area contributed by atoms with Crippen molar-refractivity contribution in [3.05, 3.63) is 28.8 Å². The maximum Gasteiger partial charge on any atom is 0.0412 e. The second-order valence-electron chi connectivity index (χ2n) is 6.49. The maximum atomic E-state index is 6.17. The Hall–Kier alpha value is -0.730. The second kappa shape index (κ2) is 6.82. The van der Waals surface area contributed by atoms with Crippen LogP contribution in [0.3, 0.4) is 0 Å². The summed E-state index contributed by atoms with van der Waals surface area (Å²) in [6.45, 7) is 8.71. The fourth-order valence-electron chi connectivity index (χ4n) is 2.65. The minimum atomic E-state index is 0.611. The molecule has 2 nitrogen and oxygen atoms in total. The molecule has 2 rings (SSSR count). The van der Waals surface area contributed by atoms with E-state index in [-0.39, 0.29) is 0 Å². The van der Waals surface area contributed by atoms with E-state index in [9.17, 15) is 0 Å². The summed E-state index contributed by atoms with van der Waals surface area (Å²) in [5.74, 6) is 1.54. The molecular weight excluding hydrogens is 268 g/mol. The lowest BCUT2D eigenvalue weighted by Crippen LogP contribution is -2.32. The summed E-state index contributed by atoms with van der Waals surface area (Å²) in [7, 11) is 2.21. The summed E-state index contributed by atoms with van der Waals surface area (Å²) < 4.78 is 0. The molecule has 0 aliphatic heterocycles. The Morgan fingerprint density at radius 2 is 2.00 bits per heavy atom. The molecule has 1 aromatic rings. The Labute approximate surface area is 128 Å². The van der Waals surface area contributed by atoms with E-state index in [0.29, 0.717) is 12.0 Å². The van der Waals surface area contributed by atoms with E-state index < -0.39 is 0 Å². The van der Waals surface area contributed by atoms with Crippen molar-refractivity contribution in [1.29, 1.82) is 0 Å². The van der Waals surface area contributed by atoms with Gasteiger partial charge < -0.3 is 10.2 Å². The third-order valence-electron chi connectivity index (χ3n) is 4.20. The molecule has 20 heavy (non-hydrogen) atoms. The highest BCUT2D eigenvalue weighted by atomic mass is 35.5. The lowest BCUT2D eigenvalue weighted by Gasteiger charge is -2.29. The Kier molecular flexibility index (Phi) is 5.34. The fourth-order valence-corrected chi connectivity index (χ4v) is 2.84. The summed E-state index contributed by atoms with van der Waals surface area (Å²) in [4.78, 5) is 2.42. The third-order valence-corrected chi connectivity index (χ3v) is 4.44. The van der Waals surface area contributed by atoms with E-state index in [1.54, 1.807) is 0 Å². The van der Waals surface area contributed by atoms with Gasteiger partial charge in [-0.2, -0.15) is 0 Å². The zero-order chi connectivity index (χ0) is 14.7. The van der Waals surface area contributed by atoms with Gasteiger partial charge in [0.25, 0.3) is 0 Å². The molecule has 1 N–H and O–H groups in total. The van der Waals surface area contributed by atoms with Crippen LogP contribution in [-0.2, 0) is 6.54 Å². The van der Waals surface area contributed by atoms with Crippen LogP contribution in [0.5, 0.6) is 0 Å². The summed E-state index contributed by atoms with van der Waals surface area (Å²) in [5, 5.41) is 4.34. The molecule has 0 amide bonds. The van der Waals surface area contributed by atoms with Crippen LogP contribution in [-0.4, -0.2) is 19.6 Å². The van der Waals surface area contributed by atoms with Crippen LogP contribution in [0.2, 0.25) is 5.02 Å². The van der Waals surface area contributed by atoms with Crippen molar-refractivity contribution in [1.82, 2.24) is 5.32 Å². The predicted octanol–water partition coefficient (Wildman–Crippen LogP) is 4.32. The molecule has 0 heterocycles. The minimum absolute atomic E-state index is 0.611. The van der Waals surface area contributed by atoms with E-state index in [1.807, 2.05) is 6.07 Å². The van der Waals surface area contributed by atoms with Gasteiger partial charge in [0.15, 0.2) is 0 Å². The van der Waals surface area contributed by atoms with Crippen molar-refractivity contribution in [2.45, 2.75) is 46.2 Å². The topological polar surface area (TPSA) is 15.3 Å². The first-order valence-corrected chi connectivity index (χ1v) is 8.08. The van der Waals surface area contributed by atoms with Crippen molar-refractivity contribution in [3.8, 4) is 0 Å². The first-order chi connectivity index (χ1) is 9.49. The summed E-state index contributed by atoms with van der Waals surface area (Å²) in [6, 6.07) is 6.87. The molecule has 0 bridgehead atoms. The van der Waals surface area contributed by atoms with Crippen molar-refractivity contribution < 1.29 is 0 Å². The van der Waals surface area contributed by atoms with Gasteiger partial charge in [0.1, 0.15) is 0 Å². The molecule has 0 saturated heterocycles.